The van der Waals surface area contributed by atoms with Crippen LogP contribution in [0.4, 0.5) is 11.4 Å². The third-order valence-electron chi connectivity index (χ3n) is 5.27. The van der Waals surface area contributed by atoms with Crippen LogP contribution >= 0.6 is 46.4 Å². The Morgan fingerprint density at radius 3 is 1.69 bits per heavy atom. The predicted molar refractivity (Wildman–Crippen MR) is 136 cm³/mol. The second-order valence-corrected chi connectivity index (χ2v) is 9.22. The zero-order chi connectivity index (χ0) is 25.1. The normalized spacial score (nSPS) is 17.3. The molecule has 3 amide bonds. The van der Waals surface area contributed by atoms with Crippen molar-refractivity contribution < 1.29 is 14.4 Å². The Kier molecular flexibility index (Phi) is 7.78. The molecule has 1 saturated heterocycles. The number of benzene rings is 2. The Labute approximate surface area is 220 Å². The van der Waals surface area contributed by atoms with Crippen LogP contribution in [0.15, 0.2) is 60.9 Å². The van der Waals surface area contributed by atoms with Crippen LogP contribution in [0.2, 0.25) is 20.1 Å². The Balaban J connectivity index is 1.51. The summed E-state index contributed by atoms with van der Waals surface area (Å²) in [4.78, 5) is 42.6. The van der Waals surface area contributed by atoms with Crippen molar-refractivity contribution in [2.45, 2.75) is 18.5 Å². The number of anilines is 2. The van der Waals surface area contributed by atoms with Crippen molar-refractivity contribution in [1.82, 2.24) is 15.4 Å². The van der Waals surface area contributed by atoms with Crippen molar-refractivity contribution in [2.75, 3.05) is 10.6 Å². The van der Waals surface area contributed by atoms with Crippen LogP contribution < -0.4 is 16.1 Å². The Hall–Kier alpha value is -2.88. The first-order valence-corrected chi connectivity index (χ1v) is 11.8. The number of carbonyl (C=O) groups excluding carboxylic acids is 3. The van der Waals surface area contributed by atoms with Gasteiger partial charge in [-0.1, -0.05) is 46.4 Å². The third kappa shape index (κ3) is 5.86. The van der Waals surface area contributed by atoms with Gasteiger partial charge in [0.1, 0.15) is 12.1 Å². The third-order valence-corrected chi connectivity index (χ3v) is 6.75. The van der Waals surface area contributed by atoms with E-state index in [0.29, 0.717) is 27.0 Å². The highest BCUT2D eigenvalue weighted by atomic mass is 35.5. The lowest BCUT2D eigenvalue weighted by molar-refractivity contribution is -0.141. The summed E-state index contributed by atoms with van der Waals surface area (Å²) in [7, 11) is 0. The lowest BCUT2D eigenvalue weighted by atomic mass is 9.93. The minimum atomic E-state index is -0.820. The molecule has 12 heteroatoms. The van der Waals surface area contributed by atoms with Gasteiger partial charge in [-0.05, 0) is 48.5 Å². The molecule has 2 heterocycles. The lowest BCUT2D eigenvalue weighted by Gasteiger charge is -2.45. The van der Waals surface area contributed by atoms with E-state index in [2.05, 4.69) is 21.0 Å². The SMILES string of the molecule is O=C(NN1[C@@H](C(=O)Nc2ccc(Cl)c(Cl)c2)C[C@@H]1C(=O)Nc1ccc(Cl)c(Cl)c1)c1ccncc1. The number of carbonyl (C=O) groups is 3. The van der Waals surface area contributed by atoms with Gasteiger partial charge in [0.2, 0.25) is 11.8 Å². The predicted octanol–water partition coefficient (Wildman–Crippen LogP) is 5.06. The van der Waals surface area contributed by atoms with Gasteiger partial charge >= 0.3 is 0 Å². The van der Waals surface area contributed by atoms with Gasteiger partial charge in [0, 0.05) is 35.8 Å². The van der Waals surface area contributed by atoms with Gasteiger partial charge in [-0.15, -0.1) is 0 Å². The van der Waals surface area contributed by atoms with E-state index in [0.717, 1.165) is 0 Å². The van der Waals surface area contributed by atoms with Crippen LogP contribution in [0.1, 0.15) is 16.8 Å². The highest BCUT2D eigenvalue weighted by molar-refractivity contribution is 6.42. The summed E-state index contributed by atoms with van der Waals surface area (Å²) in [5, 5.41) is 8.01. The maximum absolute atomic E-state index is 13.0. The van der Waals surface area contributed by atoms with E-state index in [-0.39, 0.29) is 16.5 Å². The van der Waals surface area contributed by atoms with E-state index in [1.807, 2.05) is 0 Å². The molecule has 0 saturated carbocycles. The number of hydrogen-bond donors (Lipinski definition) is 3. The van der Waals surface area contributed by atoms with Crippen LogP contribution in [-0.2, 0) is 9.59 Å². The summed E-state index contributed by atoms with van der Waals surface area (Å²) in [6, 6.07) is 10.7. The maximum atomic E-state index is 13.0. The standard InChI is InChI=1S/C23H17Cl4N5O3/c24-15-3-1-13(9-17(15)26)29-22(34)19-11-20(23(35)30-14-2-4-16(25)18(27)10-14)32(19)31-21(33)12-5-7-28-8-6-12/h1-10,19-20H,11H2,(H,29,34)(H,30,35)(H,31,33)/t19-,20-/m1/s1. The molecule has 3 N–H and O–H groups in total. The van der Waals surface area contributed by atoms with Crippen molar-refractivity contribution >= 4 is 75.5 Å². The first-order chi connectivity index (χ1) is 16.7. The second-order valence-electron chi connectivity index (χ2n) is 7.59. The van der Waals surface area contributed by atoms with Gasteiger partial charge in [-0.25, -0.2) is 0 Å². The highest BCUT2D eigenvalue weighted by Gasteiger charge is 2.48. The van der Waals surface area contributed by atoms with Crippen LogP contribution in [-0.4, -0.2) is 39.8 Å². The summed E-state index contributed by atoms with van der Waals surface area (Å²) in [5.41, 5.74) is 3.83. The fourth-order valence-electron chi connectivity index (χ4n) is 3.42. The van der Waals surface area contributed by atoms with Gasteiger partial charge in [0.25, 0.3) is 5.91 Å². The molecular weight excluding hydrogens is 536 g/mol. The summed E-state index contributed by atoms with van der Waals surface area (Å²) in [6.07, 6.45) is 3.08. The zero-order valence-corrected chi connectivity index (χ0v) is 20.8. The molecule has 2 atom stereocenters. The van der Waals surface area contributed by atoms with Crippen LogP contribution in [0.25, 0.3) is 0 Å². The molecule has 8 nitrogen and oxygen atoms in total. The first-order valence-electron chi connectivity index (χ1n) is 10.2. The Morgan fingerprint density at radius 1 is 0.743 bits per heavy atom. The molecule has 180 valence electrons. The van der Waals surface area contributed by atoms with Crippen molar-refractivity contribution in [3.05, 3.63) is 86.6 Å². The quantitative estimate of drug-likeness (QED) is 0.396. The fourth-order valence-corrected chi connectivity index (χ4v) is 4.02. The van der Waals surface area contributed by atoms with Gasteiger partial charge in [0.05, 0.1) is 20.1 Å². The number of rotatable bonds is 6. The van der Waals surface area contributed by atoms with Gasteiger partial charge in [0.15, 0.2) is 0 Å². The van der Waals surface area contributed by atoms with Gasteiger partial charge < -0.3 is 10.6 Å². The minimum absolute atomic E-state index is 0.150. The van der Waals surface area contributed by atoms with E-state index in [1.165, 1.54) is 41.7 Å². The molecule has 0 spiro atoms. The number of hydrazine groups is 1. The fraction of sp³-hybridized carbons (Fsp3) is 0.130. The summed E-state index contributed by atoms with van der Waals surface area (Å²) in [6.45, 7) is 0. The number of hydrogen-bond acceptors (Lipinski definition) is 5. The molecule has 1 fully saturated rings. The summed E-state index contributed by atoms with van der Waals surface area (Å²) < 4.78 is 0. The Morgan fingerprint density at radius 2 is 1.23 bits per heavy atom. The van der Waals surface area contributed by atoms with E-state index >= 15 is 0 Å². The van der Waals surface area contributed by atoms with Crippen molar-refractivity contribution in [3.8, 4) is 0 Å². The molecule has 0 aliphatic carbocycles. The number of nitrogens with one attached hydrogen (secondary N) is 3. The number of aromatic nitrogens is 1. The van der Waals surface area contributed by atoms with Crippen LogP contribution in [0, 0.1) is 0 Å². The van der Waals surface area contributed by atoms with Gasteiger partial charge in [-0.2, -0.15) is 5.01 Å². The molecule has 0 bridgehead atoms. The molecule has 0 unspecified atom stereocenters. The molecule has 4 rings (SSSR count). The summed E-state index contributed by atoms with van der Waals surface area (Å²) in [5.74, 6) is -1.36. The number of pyridine rings is 1. The first kappa shape index (κ1) is 25.2. The number of amides is 3. The van der Waals surface area contributed by atoms with E-state index in [9.17, 15) is 14.4 Å². The lowest BCUT2D eigenvalue weighted by Crippen LogP contribution is -2.70. The molecule has 0 radical (unpaired) electrons. The number of nitrogens with zero attached hydrogens (tertiary/aromatic N) is 2. The largest absolute Gasteiger partial charge is 0.325 e. The van der Waals surface area contributed by atoms with Crippen molar-refractivity contribution in [3.63, 3.8) is 0 Å². The second kappa shape index (κ2) is 10.8. The van der Waals surface area contributed by atoms with E-state index < -0.39 is 29.8 Å². The topological polar surface area (TPSA) is 103 Å². The molecule has 1 aromatic heterocycles. The van der Waals surface area contributed by atoms with Crippen LogP contribution in [0.5, 0.6) is 0 Å². The molecule has 2 aromatic carbocycles. The molecule has 1 aliphatic heterocycles. The highest BCUT2D eigenvalue weighted by Crippen LogP contribution is 2.30. The average Bonchev–Trinajstić information content (AvgIpc) is 2.82. The van der Waals surface area contributed by atoms with Crippen molar-refractivity contribution in [2.24, 2.45) is 0 Å². The summed E-state index contributed by atoms with van der Waals surface area (Å²) >= 11 is 23.9. The number of halogens is 4. The maximum Gasteiger partial charge on any atom is 0.265 e. The minimum Gasteiger partial charge on any atom is -0.325 e. The average molecular weight is 553 g/mol. The Bertz CT molecular complexity index is 1220. The molecule has 1 aliphatic rings. The molecule has 35 heavy (non-hydrogen) atoms. The zero-order valence-electron chi connectivity index (χ0n) is 17.8. The molecular formula is C23H17Cl4N5O3. The van der Waals surface area contributed by atoms with E-state index in [4.69, 9.17) is 46.4 Å². The smallest absolute Gasteiger partial charge is 0.265 e. The van der Waals surface area contributed by atoms with E-state index in [1.54, 1.807) is 24.3 Å². The van der Waals surface area contributed by atoms with Crippen molar-refractivity contribution in [1.29, 1.82) is 0 Å². The molecule has 3 aromatic rings. The van der Waals surface area contributed by atoms with Gasteiger partial charge in [-0.3, -0.25) is 24.8 Å². The monoisotopic (exact) mass is 551 g/mol. The van der Waals surface area contributed by atoms with Crippen LogP contribution in [0.3, 0.4) is 0 Å².